The van der Waals surface area contributed by atoms with E-state index in [0.717, 1.165) is 12.1 Å². The number of hydrogen-bond acceptors (Lipinski definition) is 3. The zero-order chi connectivity index (χ0) is 19.5. The molecule has 8 heteroatoms. The SMILES string of the molecule is CCC(C(=O)O)N1C(=O)C2(COc3cc(F)c(F)cc32)c2c(Br)cccc21. The second-order valence-corrected chi connectivity index (χ2v) is 7.38. The van der Waals surface area contributed by atoms with Gasteiger partial charge in [0.1, 0.15) is 23.8 Å². The third-order valence-corrected chi connectivity index (χ3v) is 5.83. The van der Waals surface area contributed by atoms with Crippen LogP contribution in [-0.4, -0.2) is 29.6 Å². The number of carboxylic acid groups (broad SMARTS) is 1. The first-order valence-corrected chi connectivity index (χ1v) is 9.10. The minimum Gasteiger partial charge on any atom is -0.491 e. The Kier molecular flexibility index (Phi) is 3.99. The third-order valence-electron chi connectivity index (χ3n) is 5.17. The number of hydrogen-bond donors (Lipinski definition) is 1. The summed E-state index contributed by atoms with van der Waals surface area (Å²) in [6.45, 7) is 1.51. The van der Waals surface area contributed by atoms with Gasteiger partial charge in [0.15, 0.2) is 11.6 Å². The van der Waals surface area contributed by atoms with E-state index in [1.807, 2.05) is 0 Å². The monoisotopic (exact) mass is 437 g/mol. The predicted octanol–water partition coefficient (Wildman–Crippen LogP) is 3.62. The van der Waals surface area contributed by atoms with E-state index in [2.05, 4.69) is 15.9 Å². The maximum Gasteiger partial charge on any atom is 0.326 e. The van der Waals surface area contributed by atoms with Gasteiger partial charge in [-0.05, 0) is 24.6 Å². The van der Waals surface area contributed by atoms with Crippen LogP contribution in [-0.2, 0) is 15.0 Å². The number of rotatable bonds is 3. The van der Waals surface area contributed by atoms with Gasteiger partial charge in [0.25, 0.3) is 0 Å². The van der Waals surface area contributed by atoms with Crippen molar-refractivity contribution in [3.05, 3.63) is 57.6 Å². The lowest BCUT2D eigenvalue weighted by atomic mass is 9.77. The van der Waals surface area contributed by atoms with E-state index in [1.165, 1.54) is 4.90 Å². The van der Waals surface area contributed by atoms with Crippen molar-refractivity contribution in [2.75, 3.05) is 11.5 Å². The first kappa shape index (κ1) is 17.9. The summed E-state index contributed by atoms with van der Waals surface area (Å²) >= 11 is 3.43. The van der Waals surface area contributed by atoms with Crippen LogP contribution in [0, 0.1) is 11.6 Å². The molecule has 140 valence electrons. The van der Waals surface area contributed by atoms with Gasteiger partial charge in [-0.25, -0.2) is 13.6 Å². The Morgan fingerprint density at radius 2 is 2.07 bits per heavy atom. The topological polar surface area (TPSA) is 66.8 Å². The van der Waals surface area contributed by atoms with Crippen LogP contribution >= 0.6 is 15.9 Å². The Bertz CT molecular complexity index is 996. The Morgan fingerprint density at radius 1 is 1.37 bits per heavy atom. The van der Waals surface area contributed by atoms with Crippen LogP contribution < -0.4 is 9.64 Å². The van der Waals surface area contributed by atoms with E-state index >= 15 is 0 Å². The lowest BCUT2D eigenvalue weighted by Gasteiger charge is -2.27. The quantitative estimate of drug-likeness (QED) is 0.796. The summed E-state index contributed by atoms with van der Waals surface area (Å²) in [6.07, 6.45) is 0.189. The fraction of sp³-hybridized carbons (Fsp3) is 0.263. The Labute approximate surface area is 161 Å². The van der Waals surface area contributed by atoms with E-state index in [4.69, 9.17) is 4.74 Å². The first-order valence-electron chi connectivity index (χ1n) is 8.30. The van der Waals surface area contributed by atoms with E-state index in [1.54, 1.807) is 25.1 Å². The summed E-state index contributed by atoms with van der Waals surface area (Å²) in [4.78, 5) is 26.5. The fourth-order valence-corrected chi connectivity index (χ4v) is 4.66. The van der Waals surface area contributed by atoms with Crippen molar-refractivity contribution >= 4 is 33.5 Å². The molecule has 2 heterocycles. The lowest BCUT2D eigenvalue weighted by Crippen LogP contribution is -2.49. The van der Waals surface area contributed by atoms with Gasteiger partial charge in [0.05, 0.1) is 5.69 Å². The number of amides is 1. The van der Waals surface area contributed by atoms with E-state index in [-0.39, 0.29) is 24.3 Å². The zero-order valence-electron chi connectivity index (χ0n) is 14.1. The van der Waals surface area contributed by atoms with Crippen LogP contribution in [0.25, 0.3) is 0 Å². The zero-order valence-corrected chi connectivity index (χ0v) is 15.7. The molecule has 0 bridgehead atoms. The van der Waals surface area contributed by atoms with Crippen LogP contribution in [0.2, 0.25) is 0 Å². The number of carbonyl (C=O) groups excluding carboxylic acids is 1. The molecule has 2 atom stereocenters. The first-order chi connectivity index (χ1) is 12.8. The smallest absolute Gasteiger partial charge is 0.326 e. The van der Waals surface area contributed by atoms with Gasteiger partial charge >= 0.3 is 5.97 Å². The average Bonchev–Trinajstić information content (AvgIpc) is 3.09. The summed E-state index contributed by atoms with van der Waals surface area (Å²) in [5, 5.41) is 9.61. The molecule has 0 fully saturated rings. The summed E-state index contributed by atoms with van der Waals surface area (Å²) < 4.78 is 33.8. The van der Waals surface area contributed by atoms with Gasteiger partial charge in [-0.15, -0.1) is 0 Å². The van der Waals surface area contributed by atoms with Crippen molar-refractivity contribution in [3.63, 3.8) is 0 Å². The van der Waals surface area contributed by atoms with Crippen molar-refractivity contribution in [1.82, 2.24) is 0 Å². The summed E-state index contributed by atoms with van der Waals surface area (Å²) in [6, 6.07) is 5.86. The second kappa shape index (κ2) is 6.02. The second-order valence-electron chi connectivity index (χ2n) is 6.53. The van der Waals surface area contributed by atoms with E-state index in [0.29, 0.717) is 15.7 Å². The van der Waals surface area contributed by atoms with Gasteiger partial charge in [-0.3, -0.25) is 9.69 Å². The van der Waals surface area contributed by atoms with Gasteiger partial charge < -0.3 is 9.84 Å². The van der Waals surface area contributed by atoms with Gasteiger partial charge in [0.2, 0.25) is 5.91 Å². The number of carboxylic acids is 1. The Morgan fingerprint density at radius 3 is 2.74 bits per heavy atom. The van der Waals surface area contributed by atoms with Crippen LogP contribution in [0.5, 0.6) is 5.75 Å². The van der Waals surface area contributed by atoms with Crippen LogP contribution in [0.15, 0.2) is 34.8 Å². The van der Waals surface area contributed by atoms with E-state index < -0.39 is 35.0 Å². The molecule has 27 heavy (non-hydrogen) atoms. The number of fused-ring (bicyclic) bond motifs is 4. The van der Waals surface area contributed by atoms with Crippen molar-refractivity contribution in [1.29, 1.82) is 0 Å². The van der Waals surface area contributed by atoms with Crippen molar-refractivity contribution in [2.45, 2.75) is 24.8 Å². The van der Waals surface area contributed by atoms with Crippen LogP contribution in [0.3, 0.4) is 0 Å². The van der Waals surface area contributed by atoms with Crippen molar-refractivity contribution in [2.24, 2.45) is 0 Å². The number of nitrogens with zero attached hydrogens (tertiary/aromatic N) is 1. The lowest BCUT2D eigenvalue weighted by molar-refractivity contribution is -0.140. The third kappa shape index (κ3) is 2.25. The molecule has 5 nitrogen and oxygen atoms in total. The number of benzene rings is 2. The molecule has 0 saturated carbocycles. The highest BCUT2D eigenvalue weighted by molar-refractivity contribution is 9.10. The number of halogens is 3. The molecule has 2 unspecified atom stereocenters. The highest BCUT2D eigenvalue weighted by atomic mass is 79.9. The Hall–Kier alpha value is -2.48. The number of aliphatic carboxylic acids is 1. The molecule has 0 radical (unpaired) electrons. The van der Waals surface area contributed by atoms with Gasteiger partial charge in [0, 0.05) is 21.7 Å². The average molecular weight is 438 g/mol. The molecule has 2 aromatic carbocycles. The van der Waals surface area contributed by atoms with E-state index in [9.17, 15) is 23.5 Å². The summed E-state index contributed by atoms with van der Waals surface area (Å²) in [5.41, 5.74) is -0.311. The molecule has 1 N–H and O–H groups in total. The Balaban J connectivity index is 2.02. The van der Waals surface area contributed by atoms with Crippen molar-refractivity contribution < 1.29 is 28.2 Å². The fourth-order valence-electron chi connectivity index (χ4n) is 3.96. The maximum absolute atomic E-state index is 14.0. The van der Waals surface area contributed by atoms with Gasteiger partial charge in [-0.2, -0.15) is 0 Å². The standard InChI is InChI=1S/C19H14BrF2NO4/c1-2-13(17(24)25)23-14-5-3-4-10(20)16(14)19(18(23)26)8-27-15-7-12(22)11(21)6-9(15)19/h3-7,13H,2,8H2,1H3,(H,24,25). The summed E-state index contributed by atoms with van der Waals surface area (Å²) in [5.74, 6) is -3.75. The van der Waals surface area contributed by atoms with Crippen molar-refractivity contribution in [3.8, 4) is 5.75 Å². The molecule has 0 saturated heterocycles. The normalized spacial score (nSPS) is 21.2. The molecule has 2 aliphatic heterocycles. The van der Waals surface area contributed by atoms with Gasteiger partial charge in [-0.1, -0.05) is 28.9 Å². The minimum absolute atomic E-state index is 0.0779. The molecule has 1 amide bonds. The predicted molar refractivity (Wildman–Crippen MR) is 96.0 cm³/mol. The maximum atomic E-state index is 14.0. The highest BCUT2D eigenvalue weighted by Crippen LogP contribution is 2.55. The largest absolute Gasteiger partial charge is 0.491 e. The van der Waals surface area contributed by atoms with Crippen LogP contribution in [0.4, 0.5) is 14.5 Å². The minimum atomic E-state index is -1.43. The molecule has 1 spiro atoms. The molecular weight excluding hydrogens is 424 g/mol. The molecule has 0 aromatic heterocycles. The number of ether oxygens (including phenoxy) is 1. The van der Waals surface area contributed by atoms with Crippen LogP contribution in [0.1, 0.15) is 24.5 Å². The molecular formula is C19H14BrF2NO4. The molecule has 2 aromatic rings. The number of anilines is 1. The number of carbonyl (C=O) groups is 2. The highest BCUT2D eigenvalue weighted by Gasteiger charge is 2.59. The molecule has 2 aliphatic rings. The molecule has 4 rings (SSSR count). The summed E-state index contributed by atoms with van der Waals surface area (Å²) in [7, 11) is 0. The molecule has 0 aliphatic carbocycles.